The van der Waals surface area contributed by atoms with Gasteiger partial charge in [0.2, 0.25) is 0 Å². The first-order valence-electron chi connectivity index (χ1n) is 5.60. The van der Waals surface area contributed by atoms with Crippen molar-refractivity contribution in [1.29, 1.82) is 0 Å². The second-order valence-electron chi connectivity index (χ2n) is 3.85. The molecule has 2 atom stereocenters. The molecule has 1 aromatic carbocycles. The van der Waals surface area contributed by atoms with Crippen molar-refractivity contribution in [3.05, 3.63) is 35.9 Å². The fourth-order valence-electron chi connectivity index (χ4n) is 1.63. The highest BCUT2D eigenvalue weighted by atomic mass is 16.5. The van der Waals surface area contributed by atoms with E-state index in [1.165, 1.54) is 7.11 Å². The van der Waals surface area contributed by atoms with E-state index in [0.717, 1.165) is 0 Å². The van der Waals surface area contributed by atoms with E-state index < -0.39 is 6.10 Å². The summed E-state index contributed by atoms with van der Waals surface area (Å²) >= 11 is 0. The number of ether oxygens (including phenoxy) is 1. The molecule has 0 heterocycles. The Morgan fingerprint density at radius 2 is 2.00 bits per heavy atom. The number of benzene rings is 1. The zero-order valence-electron chi connectivity index (χ0n) is 9.87. The first kappa shape index (κ1) is 13.8. The first-order valence-corrected chi connectivity index (χ1v) is 5.60. The molecule has 1 aromatic rings. The van der Waals surface area contributed by atoms with Crippen molar-refractivity contribution in [3.8, 4) is 0 Å². The van der Waals surface area contributed by atoms with Crippen molar-refractivity contribution < 1.29 is 19.7 Å². The summed E-state index contributed by atoms with van der Waals surface area (Å²) in [6.07, 6.45) is -0.781. The van der Waals surface area contributed by atoms with Crippen LogP contribution >= 0.6 is 0 Å². The molecule has 2 unspecified atom stereocenters. The molecule has 4 nitrogen and oxygen atoms in total. The van der Waals surface area contributed by atoms with Crippen LogP contribution in [0.5, 0.6) is 0 Å². The van der Waals surface area contributed by atoms with Gasteiger partial charge in [-0.25, -0.2) is 0 Å². The van der Waals surface area contributed by atoms with Gasteiger partial charge in [-0.05, 0) is 6.42 Å². The van der Waals surface area contributed by atoms with Crippen LogP contribution in [0.3, 0.4) is 0 Å². The highest BCUT2D eigenvalue weighted by molar-refractivity contribution is 5.99. The van der Waals surface area contributed by atoms with Crippen LogP contribution in [0.25, 0.3) is 0 Å². The molecule has 94 valence electrons. The van der Waals surface area contributed by atoms with Crippen LogP contribution in [0.4, 0.5) is 0 Å². The van der Waals surface area contributed by atoms with Crippen molar-refractivity contribution in [2.24, 2.45) is 0 Å². The van der Waals surface area contributed by atoms with Crippen LogP contribution in [-0.2, 0) is 4.74 Å². The summed E-state index contributed by atoms with van der Waals surface area (Å²) in [5, 5.41) is 18.6. The number of Topliss-reactive ketones (excluding diaryl/α,β-unsaturated/α-hetero) is 1. The predicted molar refractivity (Wildman–Crippen MR) is 63.9 cm³/mol. The zero-order valence-corrected chi connectivity index (χ0v) is 9.87. The van der Waals surface area contributed by atoms with Crippen molar-refractivity contribution in [2.45, 2.75) is 25.0 Å². The quantitative estimate of drug-likeness (QED) is 0.696. The van der Waals surface area contributed by atoms with Gasteiger partial charge >= 0.3 is 0 Å². The average Bonchev–Trinajstić information content (AvgIpc) is 2.38. The van der Waals surface area contributed by atoms with Gasteiger partial charge in [-0.2, -0.15) is 0 Å². The first-order chi connectivity index (χ1) is 8.19. The van der Waals surface area contributed by atoms with Gasteiger partial charge < -0.3 is 14.9 Å². The molecule has 0 bridgehead atoms. The van der Waals surface area contributed by atoms with Gasteiger partial charge in [0.25, 0.3) is 0 Å². The van der Waals surface area contributed by atoms with Crippen LogP contribution < -0.4 is 0 Å². The molecule has 0 fully saturated rings. The normalized spacial score (nSPS) is 14.3. The molecule has 0 saturated carbocycles. The van der Waals surface area contributed by atoms with Crippen LogP contribution in [-0.4, -0.2) is 41.9 Å². The van der Waals surface area contributed by atoms with Gasteiger partial charge in [-0.15, -0.1) is 0 Å². The number of aliphatic hydroxyl groups excluding tert-OH is 2. The van der Waals surface area contributed by atoms with Crippen molar-refractivity contribution in [2.75, 3.05) is 13.7 Å². The predicted octanol–water partition coefficient (Wildman–Crippen LogP) is 1.02. The Labute approximate surface area is 101 Å². The molecular formula is C13H18O4. The maximum absolute atomic E-state index is 11.8. The topological polar surface area (TPSA) is 66.8 Å². The molecule has 4 heteroatoms. The van der Waals surface area contributed by atoms with E-state index >= 15 is 0 Å². The van der Waals surface area contributed by atoms with E-state index in [4.69, 9.17) is 9.84 Å². The molecule has 17 heavy (non-hydrogen) atoms. The Bertz CT molecular complexity index is 337. The summed E-state index contributed by atoms with van der Waals surface area (Å²) in [5.74, 6) is -0.314. The summed E-state index contributed by atoms with van der Waals surface area (Å²) in [4.78, 5) is 11.8. The lowest BCUT2D eigenvalue weighted by Crippen LogP contribution is -2.27. The maximum atomic E-state index is 11.8. The second-order valence-corrected chi connectivity index (χ2v) is 3.85. The molecular weight excluding hydrogens is 220 g/mol. The summed E-state index contributed by atoms with van der Waals surface area (Å²) in [5.41, 5.74) is 0.485. The fourth-order valence-corrected chi connectivity index (χ4v) is 1.63. The average molecular weight is 238 g/mol. The van der Waals surface area contributed by atoms with E-state index in [9.17, 15) is 9.90 Å². The van der Waals surface area contributed by atoms with Gasteiger partial charge in [0, 0.05) is 25.7 Å². The number of hydrogen-bond acceptors (Lipinski definition) is 4. The zero-order chi connectivity index (χ0) is 12.7. The van der Waals surface area contributed by atoms with E-state index in [1.54, 1.807) is 24.3 Å². The highest BCUT2D eigenvalue weighted by Gasteiger charge is 2.21. The number of methoxy groups -OCH3 is 1. The Morgan fingerprint density at radius 3 is 2.53 bits per heavy atom. The highest BCUT2D eigenvalue weighted by Crippen LogP contribution is 2.11. The number of carbonyl (C=O) groups is 1. The smallest absolute Gasteiger partial charge is 0.191 e. The van der Waals surface area contributed by atoms with Crippen molar-refractivity contribution >= 4 is 5.78 Å². The molecule has 0 saturated heterocycles. The molecule has 0 aliphatic heterocycles. The molecule has 0 aromatic heterocycles. The molecule has 0 radical (unpaired) electrons. The number of ketones is 1. The third-order valence-corrected chi connectivity index (χ3v) is 2.63. The SMILES string of the molecule is COC(CCO)CC(O)C(=O)c1ccccc1. The van der Waals surface area contributed by atoms with E-state index in [1.807, 2.05) is 6.07 Å². The van der Waals surface area contributed by atoms with Gasteiger partial charge in [-0.1, -0.05) is 30.3 Å². The van der Waals surface area contributed by atoms with Crippen molar-refractivity contribution in [1.82, 2.24) is 0 Å². The fraction of sp³-hybridized carbons (Fsp3) is 0.462. The minimum Gasteiger partial charge on any atom is -0.396 e. The van der Waals surface area contributed by atoms with E-state index in [2.05, 4.69) is 0 Å². The van der Waals surface area contributed by atoms with Gasteiger partial charge in [0.1, 0.15) is 6.10 Å². The van der Waals surface area contributed by atoms with E-state index in [0.29, 0.717) is 12.0 Å². The minimum atomic E-state index is -1.09. The van der Waals surface area contributed by atoms with Crippen LogP contribution in [0.2, 0.25) is 0 Å². The van der Waals surface area contributed by atoms with E-state index in [-0.39, 0.29) is 24.9 Å². The Hall–Kier alpha value is -1.23. The summed E-state index contributed by atoms with van der Waals surface area (Å²) in [6, 6.07) is 8.65. The second kappa shape index (κ2) is 7.17. The Kier molecular flexibility index (Phi) is 5.83. The van der Waals surface area contributed by atoms with Crippen LogP contribution in [0.15, 0.2) is 30.3 Å². The third kappa shape index (κ3) is 4.26. The molecule has 0 spiro atoms. The molecule has 1 rings (SSSR count). The molecule has 0 amide bonds. The number of rotatable bonds is 7. The molecule has 0 aliphatic rings. The standard InChI is InChI=1S/C13H18O4/c1-17-11(7-8-14)9-12(15)13(16)10-5-3-2-4-6-10/h2-6,11-12,14-15H,7-9H2,1H3. The lowest BCUT2D eigenvalue weighted by atomic mass is 10.0. The van der Waals surface area contributed by atoms with Gasteiger partial charge in [-0.3, -0.25) is 4.79 Å². The summed E-state index contributed by atoms with van der Waals surface area (Å²) in [7, 11) is 1.50. The van der Waals surface area contributed by atoms with Gasteiger partial charge in [0.05, 0.1) is 6.10 Å². The van der Waals surface area contributed by atoms with Gasteiger partial charge in [0.15, 0.2) is 5.78 Å². The number of aliphatic hydroxyl groups is 2. The summed E-state index contributed by atoms with van der Waals surface area (Å²) < 4.78 is 5.08. The number of hydrogen-bond donors (Lipinski definition) is 2. The van der Waals surface area contributed by atoms with Crippen LogP contribution in [0.1, 0.15) is 23.2 Å². The lowest BCUT2D eigenvalue weighted by Gasteiger charge is -2.17. The van der Waals surface area contributed by atoms with Crippen molar-refractivity contribution in [3.63, 3.8) is 0 Å². The Balaban J connectivity index is 2.58. The molecule has 2 N–H and O–H groups in total. The number of carbonyl (C=O) groups excluding carboxylic acids is 1. The third-order valence-electron chi connectivity index (χ3n) is 2.63. The summed E-state index contributed by atoms with van der Waals surface area (Å²) in [6.45, 7) is -0.0231. The maximum Gasteiger partial charge on any atom is 0.191 e. The monoisotopic (exact) mass is 238 g/mol. The lowest BCUT2D eigenvalue weighted by molar-refractivity contribution is 0.0285. The molecule has 0 aliphatic carbocycles. The largest absolute Gasteiger partial charge is 0.396 e. The van der Waals surface area contributed by atoms with Crippen LogP contribution in [0, 0.1) is 0 Å². The minimum absolute atomic E-state index is 0.0231. The Morgan fingerprint density at radius 1 is 1.35 bits per heavy atom.